The van der Waals surface area contributed by atoms with Crippen LogP contribution in [0.15, 0.2) is 10.8 Å². The summed E-state index contributed by atoms with van der Waals surface area (Å²) in [6, 6.07) is 0. The van der Waals surface area contributed by atoms with Gasteiger partial charge in [-0.05, 0) is 0 Å². The maximum atomic E-state index is 4.60. The van der Waals surface area contributed by atoms with E-state index in [0.717, 1.165) is 0 Å². The van der Waals surface area contributed by atoms with Gasteiger partial charge in [0.05, 0.1) is 0 Å². The summed E-state index contributed by atoms with van der Waals surface area (Å²) < 4.78 is 0.394. The Labute approximate surface area is 53.5 Å². The molecule has 0 aromatic carbocycles. The third-order valence-electron chi connectivity index (χ3n) is 0.410. The monoisotopic (exact) mass is 161 g/mol. The maximum absolute atomic E-state index is 4.60. The van der Waals surface area contributed by atoms with Crippen LogP contribution >= 0.6 is 23.5 Å². The van der Waals surface area contributed by atoms with Gasteiger partial charge in [0.25, 0.3) is 0 Å². The molecule has 37 valence electrons. The van der Waals surface area contributed by atoms with Gasteiger partial charge in [-0.2, -0.15) is 0 Å². The summed E-state index contributed by atoms with van der Waals surface area (Å²) >= 11 is 8.03. The molecule has 0 aromatic rings. The molecule has 0 spiro atoms. The van der Waals surface area contributed by atoms with Crippen molar-refractivity contribution in [2.45, 2.75) is 3.55 Å². The van der Waals surface area contributed by atoms with Gasteiger partial charge in [-0.1, -0.05) is 0 Å². The van der Waals surface area contributed by atoms with Crippen LogP contribution < -0.4 is 0 Å². The van der Waals surface area contributed by atoms with Gasteiger partial charge in [-0.3, -0.25) is 0 Å². The second kappa shape index (κ2) is 2.29. The van der Waals surface area contributed by atoms with Gasteiger partial charge >= 0.3 is 53.4 Å². The van der Waals surface area contributed by atoms with Crippen molar-refractivity contribution in [3.63, 3.8) is 0 Å². The summed E-state index contributed by atoms with van der Waals surface area (Å²) in [5.74, 6) is 0. The first kappa shape index (κ1) is 5.08. The minimum absolute atomic E-state index is 0.394. The summed E-state index contributed by atoms with van der Waals surface area (Å²) in [4.78, 5) is 0. The Balaban J connectivity index is 2.32. The zero-order valence-corrected chi connectivity index (χ0v) is 5.49. The van der Waals surface area contributed by atoms with Crippen molar-refractivity contribution >= 4 is 23.5 Å². The Morgan fingerprint density at radius 1 is 1.33 bits per heavy atom. The topological polar surface area (TPSA) is 0 Å². The Bertz CT molecular complexity index is 63.2. The van der Waals surface area contributed by atoms with Gasteiger partial charge in [0.1, 0.15) is 0 Å². The zero-order valence-electron chi connectivity index (χ0n) is 2.86. The van der Waals surface area contributed by atoms with Crippen molar-refractivity contribution in [2.24, 2.45) is 0 Å². The fourth-order valence-electron chi connectivity index (χ4n) is 0.210. The van der Waals surface area contributed by atoms with Crippen LogP contribution in [-0.4, -0.2) is 3.55 Å². The van der Waals surface area contributed by atoms with Gasteiger partial charge in [0, 0.05) is 0 Å². The predicted octanol–water partition coefficient (Wildman–Crippen LogP) is 1.77. The standard InChI is InChI=1S/C3H3S2.Ni/c1-2-5-3-4-1;/h1-3H;. The van der Waals surface area contributed by atoms with E-state index in [1.54, 1.807) is 23.5 Å². The fourth-order valence-corrected chi connectivity index (χ4v) is 2.06. The first-order valence-corrected chi connectivity index (χ1v) is 3.91. The van der Waals surface area contributed by atoms with Crippen LogP contribution in [0.2, 0.25) is 0 Å². The first-order valence-electron chi connectivity index (χ1n) is 1.46. The molecule has 0 nitrogen and oxygen atoms in total. The molecule has 0 radical (unpaired) electrons. The van der Waals surface area contributed by atoms with Gasteiger partial charge in [0.15, 0.2) is 0 Å². The molecule has 0 saturated heterocycles. The van der Waals surface area contributed by atoms with Gasteiger partial charge in [0.2, 0.25) is 0 Å². The molecule has 1 aliphatic rings. The molecule has 0 aromatic heterocycles. The summed E-state index contributed by atoms with van der Waals surface area (Å²) in [6.07, 6.45) is 0. The average Bonchev–Trinajstić information content (AvgIpc) is 1.86. The van der Waals surface area contributed by atoms with Gasteiger partial charge in [-0.25, -0.2) is 0 Å². The molecule has 0 amide bonds. The van der Waals surface area contributed by atoms with Crippen LogP contribution in [0.1, 0.15) is 0 Å². The summed E-state index contributed by atoms with van der Waals surface area (Å²) in [5, 5.41) is 4.08. The molecule has 0 unspecified atom stereocenters. The molecule has 1 rings (SSSR count). The Kier molecular flexibility index (Phi) is 1.94. The Morgan fingerprint density at radius 2 is 1.83 bits per heavy atom. The van der Waals surface area contributed by atoms with E-state index >= 15 is 0 Å². The summed E-state index contributed by atoms with van der Waals surface area (Å²) in [7, 11) is 0. The number of hydrogen-bond acceptors (Lipinski definition) is 2. The van der Waals surface area contributed by atoms with E-state index in [2.05, 4.69) is 15.5 Å². The fraction of sp³-hybridized carbons (Fsp3) is 0.333. The number of thioether (sulfide) groups is 2. The third kappa shape index (κ3) is 1.21. The van der Waals surface area contributed by atoms with Gasteiger partial charge in [-0.15, -0.1) is 0 Å². The minimum atomic E-state index is 0.394. The molecule has 0 bridgehead atoms. The molecule has 1 heterocycles. The Hall–Kier alpha value is 0.934. The van der Waals surface area contributed by atoms with Crippen molar-refractivity contribution in [2.75, 3.05) is 0 Å². The SMILES string of the molecule is [Ni][CH]1SC=CS1. The number of rotatable bonds is 0. The molecule has 3 heteroatoms. The van der Waals surface area contributed by atoms with Crippen molar-refractivity contribution < 1.29 is 15.5 Å². The van der Waals surface area contributed by atoms with E-state index in [4.69, 9.17) is 0 Å². The summed E-state index contributed by atoms with van der Waals surface area (Å²) in [5.41, 5.74) is 0. The van der Waals surface area contributed by atoms with Crippen molar-refractivity contribution in [1.29, 1.82) is 0 Å². The molecular weight excluding hydrogens is 159 g/mol. The second-order valence-corrected chi connectivity index (χ2v) is 4.34. The molecule has 0 saturated carbocycles. The normalized spacial score (nSPS) is 23.0. The van der Waals surface area contributed by atoms with E-state index in [9.17, 15) is 0 Å². The van der Waals surface area contributed by atoms with Crippen molar-refractivity contribution in [3.05, 3.63) is 10.8 Å². The van der Waals surface area contributed by atoms with Crippen LogP contribution in [0.25, 0.3) is 0 Å². The van der Waals surface area contributed by atoms with Crippen molar-refractivity contribution in [3.8, 4) is 0 Å². The first-order chi connectivity index (χ1) is 2.89. The van der Waals surface area contributed by atoms with Crippen LogP contribution in [0.3, 0.4) is 0 Å². The zero-order chi connectivity index (χ0) is 4.41. The van der Waals surface area contributed by atoms with E-state index in [1.807, 2.05) is 10.8 Å². The Morgan fingerprint density at radius 3 is 2.00 bits per heavy atom. The second-order valence-electron chi connectivity index (χ2n) is 0.790. The molecule has 1 aliphatic heterocycles. The summed E-state index contributed by atoms with van der Waals surface area (Å²) in [6.45, 7) is 0. The quantitative estimate of drug-likeness (QED) is 0.497. The third-order valence-corrected chi connectivity index (χ3v) is 3.04. The molecule has 0 aliphatic carbocycles. The van der Waals surface area contributed by atoms with E-state index in [-0.39, 0.29) is 0 Å². The predicted molar refractivity (Wildman–Crippen MR) is 28.1 cm³/mol. The van der Waals surface area contributed by atoms with E-state index in [1.165, 1.54) is 0 Å². The van der Waals surface area contributed by atoms with Crippen LogP contribution in [0, 0.1) is 0 Å². The molecule has 6 heavy (non-hydrogen) atoms. The van der Waals surface area contributed by atoms with Crippen LogP contribution in [0.4, 0.5) is 0 Å². The molecular formula is C3H3NiS2. The molecule has 0 atom stereocenters. The van der Waals surface area contributed by atoms with E-state index in [0.29, 0.717) is 3.55 Å². The van der Waals surface area contributed by atoms with Crippen LogP contribution in [0.5, 0.6) is 0 Å². The van der Waals surface area contributed by atoms with Crippen LogP contribution in [-0.2, 0) is 15.5 Å². The number of hydrogen-bond donors (Lipinski definition) is 0. The van der Waals surface area contributed by atoms with Crippen molar-refractivity contribution in [1.82, 2.24) is 0 Å². The molecule has 0 fully saturated rings. The van der Waals surface area contributed by atoms with Gasteiger partial charge < -0.3 is 0 Å². The van der Waals surface area contributed by atoms with E-state index < -0.39 is 0 Å². The average molecular weight is 162 g/mol. The molecule has 0 N–H and O–H groups in total.